The number of amides is 1. The van der Waals surface area contributed by atoms with Crippen molar-refractivity contribution in [2.45, 2.75) is 25.8 Å². The summed E-state index contributed by atoms with van der Waals surface area (Å²) in [7, 11) is 0. The first-order chi connectivity index (χ1) is 16.3. The van der Waals surface area contributed by atoms with E-state index < -0.39 is 17.7 Å². The summed E-state index contributed by atoms with van der Waals surface area (Å²) in [5.41, 5.74) is 3.06. The van der Waals surface area contributed by atoms with Crippen molar-refractivity contribution < 1.29 is 14.7 Å². The molecule has 0 spiro atoms. The summed E-state index contributed by atoms with van der Waals surface area (Å²) in [4.78, 5) is 32.6. The van der Waals surface area contributed by atoms with Crippen LogP contribution in [0, 0.1) is 0 Å². The highest BCUT2D eigenvalue weighted by Gasteiger charge is 2.48. The van der Waals surface area contributed by atoms with Crippen LogP contribution in [0.2, 0.25) is 5.02 Å². The van der Waals surface area contributed by atoms with Gasteiger partial charge < -0.3 is 5.11 Å². The monoisotopic (exact) mass is 488 g/mol. The third kappa shape index (κ3) is 3.79. The molecule has 7 heteroatoms. The van der Waals surface area contributed by atoms with Gasteiger partial charge in [-0.2, -0.15) is 0 Å². The Balaban J connectivity index is 1.72. The maximum Gasteiger partial charge on any atom is 0.301 e. The Morgan fingerprint density at radius 2 is 1.74 bits per heavy atom. The van der Waals surface area contributed by atoms with E-state index >= 15 is 0 Å². The Morgan fingerprint density at radius 1 is 1.03 bits per heavy atom. The molecule has 1 amide bonds. The second kappa shape index (κ2) is 8.70. The quantitative estimate of drug-likeness (QED) is 0.197. The summed E-state index contributed by atoms with van der Waals surface area (Å²) >= 11 is 7.42. The number of thiazole rings is 1. The maximum absolute atomic E-state index is 13.3. The van der Waals surface area contributed by atoms with Crippen molar-refractivity contribution in [3.8, 4) is 0 Å². The minimum absolute atomic E-state index is 0.0470. The molecule has 2 heterocycles. The van der Waals surface area contributed by atoms with Crippen molar-refractivity contribution in [1.82, 2.24) is 4.98 Å². The summed E-state index contributed by atoms with van der Waals surface area (Å²) in [5, 5.41) is 12.1. The van der Waals surface area contributed by atoms with E-state index in [1.807, 2.05) is 30.3 Å². The number of aliphatic hydroxyl groups excluding tert-OH is 1. The molecule has 1 fully saturated rings. The molecule has 0 radical (unpaired) electrons. The fourth-order valence-corrected chi connectivity index (χ4v) is 5.42. The standard InChI is InChI=1S/C27H21ClN2O3S/c1-15(2)16-8-10-17(11-9-16)23-22(24(31)18-6-4-3-5-7-18)25(32)26(33)30(23)27-29-20-13-12-19(28)14-21(20)34-27/h3-15,23,31H,1-2H3/b24-22+. The Labute approximate surface area is 205 Å². The smallest absolute Gasteiger partial charge is 0.301 e. The third-order valence-corrected chi connectivity index (χ3v) is 7.21. The lowest BCUT2D eigenvalue weighted by Gasteiger charge is -2.23. The van der Waals surface area contributed by atoms with Gasteiger partial charge in [-0.15, -0.1) is 0 Å². The van der Waals surface area contributed by atoms with Crippen molar-refractivity contribution >= 4 is 55.7 Å². The van der Waals surface area contributed by atoms with Gasteiger partial charge in [-0.05, 0) is 35.2 Å². The molecular weight excluding hydrogens is 468 g/mol. The van der Waals surface area contributed by atoms with Gasteiger partial charge in [0.1, 0.15) is 5.76 Å². The van der Waals surface area contributed by atoms with Crippen LogP contribution in [0.3, 0.4) is 0 Å². The van der Waals surface area contributed by atoms with E-state index in [4.69, 9.17) is 11.6 Å². The second-order valence-corrected chi connectivity index (χ2v) is 9.91. The summed E-state index contributed by atoms with van der Waals surface area (Å²) in [6, 6.07) is 21.1. The molecule has 0 saturated carbocycles. The number of hydrogen-bond donors (Lipinski definition) is 1. The number of halogens is 1. The van der Waals surface area contributed by atoms with Crippen molar-refractivity contribution in [2.75, 3.05) is 4.90 Å². The number of anilines is 1. The maximum atomic E-state index is 13.3. The SMILES string of the molecule is CC(C)c1ccc(C2/C(=C(\O)c3ccccc3)C(=O)C(=O)N2c2nc3ccc(Cl)cc3s2)cc1. The molecule has 170 valence electrons. The molecule has 1 unspecified atom stereocenters. The summed E-state index contributed by atoms with van der Waals surface area (Å²) in [5.74, 6) is -1.33. The fraction of sp³-hybridized carbons (Fsp3) is 0.148. The van der Waals surface area contributed by atoms with Crippen LogP contribution in [-0.4, -0.2) is 21.8 Å². The zero-order valence-electron chi connectivity index (χ0n) is 18.5. The highest BCUT2D eigenvalue weighted by molar-refractivity contribution is 7.22. The Morgan fingerprint density at radius 3 is 2.41 bits per heavy atom. The molecule has 4 aromatic rings. The topological polar surface area (TPSA) is 70.5 Å². The van der Waals surface area contributed by atoms with Gasteiger partial charge in [0.2, 0.25) is 0 Å². The van der Waals surface area contributed by atoms with Gasteiger partial charge in [-0.1, -0.05) is 91.4 Å². The van der Waals surface area contributed by atoms with Gasteiger partial charge in [0, 0.05) is 10.6 Å². The Bertz CT molecular complexity index is 1440. The van der Waals surface area contributed by atoms with Crippen LogP contribution < -0.4 is 4.90 Å². The molecule has 1 atom stereocenters. The number of Topliss-reactive ketones (excluding diaryl/α,β-unsaturated/α-hetero) is 1. The summed E-state index contributed by atoms with van der Waals surface area (Å²) in [6.07, 6.45) is 0. The second-order valence-electron chi connectivity index (χ2n) is 8.46. The minimum Gasteiger partial charge on any atom is -0.507 e. The molecule has 5 nitrogen and oxygen atoms in total. The summed E-state index contributed by atoms with van der Waals surface area (Å²) < 4.78 is 0.807. The van der Waals surface area contributed by atoms with Gasteiger partial charge in [0.25, 0.3) is 5.78 Å². The first kappa shape index (κ1) is 22.3. The first-order valence-corrected chi connectivity index (χ1v) is 12.1. The zero-order chi connectivity index (χ0) is 24.0. The number of aromatic nitrogens is 1. The lowest BCUT2D eigenvalue weighted by Crippen LogP contribution is -2.29. The van der Waals surface area contributed by atoms with Crippen molar-refractivity contribution in [3.63, 3.8) is 0 Å². The number of nitrogens with zero attached hydrogens (tertiary/aromatic N) is 2. The highest BCUT2D eigenvalue weighted by atomic mass is 35.5. The van der Waals surface area contributed by atoms with Gasteiger partial charge in [-0.25, -0.2) is 4.98 Å². The fourth-order valence-electron chi connectivity index (χ4n) is 4.15. The average Bonchev–Trinajstić information content (AvgIpc) is 3.37. The minimum atomic E-state index is -0.808. The molecule has 3 aromatic carbocycles. The van der Waals surface area contributed by atoms with Crippen LogP contribution in [-0.2, 0) is 9.59 Å². The van der Waals surface area contributed by atoms with E-state index in [2.05, 4.69) is 18.8 Å². The molecular formula is C27H21ClN2O3S. The van der Waals surface area contributed by atoms with E-state index in [0.717, 1.165) is 15.8 Å². The van der Waals surface area contributed by atoms with E-state index in [1.165, 1.54) is 16.2 Å². The molecule has 34 heavy (non-hydrogen) atoms. The van der Waals surface area contributed by atoms with Crippen LogP contribution in [0.25, 0.3) is 16.0 Å². The number of benzene rings is 3. The normalized spacial score (nSPS) is 17.8. The predicted molar refractivity (Wildman–Crippen MR) is 136 cm³/mol. The molecule has 1 aliphatic heterocycles. The lowest BCUT2D eigenvalue weighted by molar-refractivity contribution is -0.132. The predicted octanol–water partition coefficient (Wildman–Crippen LogP) is 6.70. The van der Waals surface area contributed by atoms with Crippen LogP contribution >= 0.6 is 22.9 Å². The van der Waals surface area contributed by atoms with Gasteiger partial charge in [-0.3, -0.25) is 14.5 Å². The van der Waals surface area contributed by atoms with E-state index in [9.17, 15) is 14.7 Å². The van der Waals surface area contributed by atoms with Gasteiger partial charge in [0.05, 0.1) is 21.8 Å². The van der Waals surface area contributed by atoms with Gasteiger partial charge >= 0.3 is 5.91 Å². The van der Waals surface area contributed by atoms with Crippen LogP contribution in [0.5, 0.6) is 0 Å². The largest absolute Gasteiger partial charge is 0.507 e. The van der Waals surface area contributed by atoms with E-state index in [1.54, 1.807) is 42.5 Å². The molecule has 5 rings (SSSR count). The van der Waals surface area contributed by atoms with Crippen molar-refractivity contribution in [1.29, 1.82) is 0 Å². The number of carbonyl (C=O) groups is 2. The van der Waals surface area contributed by atoms with Crippen LogP contribution in [0.15, 0.2) is 78.4 Å². The highest BCUT2D eigenvalue weighted by Crippen LogP contribution is 2.44. The first-order valence-electron chi connectivity index (χ1n) is 10.9. The lowest BCUT2D eigenvalue weighted by atomic mass is 9.93. The Kier molecular flexibility index (Phi) is 5.71. The molecule has 1 saturated heterocycles. The number of hydrogen-bond acceptors (Lipinski definition) is 5. The number of ketones is 1. The average molecular weight is 489 g/mol. The molecule has 0 bridgehead atoms. The number of rotatable bonds is 4. The van der Waals surface area contributed by atoms with Gasteiger partial charge in [0.15, 0.2) is 5.13 Å². The zero-order valence-corrected chi connectivity index (χ0v) is 20.1. The number of carbonyl (C=O) groups excluding carboxylic acids is 2. The van der Waals surface area contributed by atoms with Crippen molar-refractivity contribution in [2.24, 2.45) is 0 Å². The number of fused-ring (bicyclic) bond motifs is 1. The summed E-state index contributed by atoms with van der Waals surface area (Å²) in [6.45, 7) is 4.20. The molecule has 1 aliphatic rings. The Hall–Kier alpha value is -3.48. The van der Waals surface area contributed by atoms with Crippen LogP contribution in [0.4, 0.5) is 5.13 Å². The molecule has 1 aromatic heterocycles. The van der Waals surface area contributed by atoms with E-state index in [0.29, 0.717) is 27.2 Å². The number of aliphatic hydroxyl groups is 1. The van der Waals surface area contributed by atoms with E-state index in [-0.39, 0.29) is 11.3 Å². The van der Waals surface area contributed by atoms with Crippen LogP contribution in [0.1, 0.15) is 42.5 Å². The molecule has 0 aliphatic carbocycles. The third-order valence-electron chi connectivity index (χ3n) is 5.96. The molecule has 1 N–H and O–H groups in total. The van der Waals surface area contributed by atoms with Crippen molar-refractivity contribution in [3.05, 3.63) is 100 Å².